The maximum absolute atomic E-state index is 12.3. The van der Waals surface area contributed by atoms with Crippen molar-refractivity contribution < 1.29 is 13.2 Å². The summed E-state index contributed by atoms with van der Waals surface area (Å²) in [6, 6.07) is 12.2. The highest BCUT2D eigenvalue weighted by Gasteiger charge is 2.15. The van der Waals surface area contributed by atoms with Crippen molar-refractivity contribution in [3.8, 4) is 0 Å². The average Bonchev–Trinajstić information content (AvgIpc) is 2.52. The van der Waals surface area contributed by atoms with Crippen LogP contribution in [0.2, 0.25) is 5.02 Å². The van der Waals surface area contributed by atoms with Crippen molar-refractivity contribution in [1.82, 2.24) is 5.32 Å². The molecule has 1 amide bonds. The summed E-state index contributed by atoms with van der Waals surface area (Å²) in [5, 5.41) is 3.17. The second-order valence-electron chi connectivity index (χ2n) is 4.90. The third kappa shape index (κ3) is 4.71. The summed E-state index contributed by atoms with van der Waals surface area (Å²) in [6.07, 6.45) is 0.835. The Bertz CT molecular complexity index is 789. The van der Waals surface area contributed by atoms with Crippen LogP contribution in [0.15, 0.2) is 53.4 Å². The summed E-state index contributed by atoms with van der Waals surface area (Å²) in [5.74, 6) is -0.224. The highest BCUT2D eigenvalue weighted by molar-refractivity contribution is 7.92. The molecule has 122 valence electrons. The number of amides is 1. The Morgan fingerprint density at radius 1 is 1.13 bits per heavy atom. The molecule has 2 N–H and O–H groups in total. The van der Waals surface area contributed by atoms with Crippen LogP contribution in [0.3, 0.4) is 0 Å². The van der Waals surface area contributed by atoms with Gasteiger partial charge < -0.3 is 5.32 Å². The molecule has 0 unspecified atom stereocenters. The Kier molecular flexibility index (Phi) is 5.63. The van der Waals surface area contributed by atoms with E-state index in [1.54, 1.807) is 18.2 Å². The zero-order valence-electron chi connectivity index (χ0n) is 12.5. The number of halogens is 1. The number of hydrogen-bond acceptors (Lipinski definition) is 3. The number of carbonyl (C=O) groups excluding carboxylic acids is 1. The lowest BCUT2D eigenvalue weighted by molar-refractivity contribution is 0.0953. The summed E-state index contributed by atoms with van der Waals surface area (Å²) in [5.41, 5.74) is 0.794. The largest absolute Gasteiger partial charge is 0.352 e. The molecule has 0 atom stereocenters. The number of anilines is 1. The maximum atomic E-state index is 12.3. The van der Waals surface area contributed by atoms with Crippen LogP contribution in [0.25, 0.3) is 0 Å². The molecule has 0 saturated carbocycles. The van der Waals surface area contributed by atoms with E-state index in [1.807, 2.05) is 6.92 Å². The van der Waals surface area contributed by atoms with E-state index in [4.69, 9.17) is 11.6 Å². The minimum atomic E-state index is -3.73. The minimum absolute atomic E-state index is 0.0736. The first-order valence-electron chi connectivity index (χ1n) is 7.09. The SMILES string of the molecule is CCCNC(=O)c1ccc(S(=O)(=O)Nc2cccc(Cl)c2)cc1. The quantitative estimate of drug-likeness (QED) is 0.837. The van der Waals surface area contributed by atoms with Gasteiger partial charge in [0.05, 0.1) is 10.6 Å². The van der Waals surface area contributed by atoms with Gasteiger partial charge in [-0.25, -0.2) is 8.42 Å². The van der Waals surface area contributed by atoms with E-state index in [2.05, 4.69) is 10.0 Å². The zero-order chi connectivity index (χ0) is 16.9. The van der Waals surface area contributed by atoms with Crippen LogP contribution in [0.5, 0.6) is 0 Å². The van der Waals surface area contributed by atoms with Gasteiger partial charge in [0.1, 0.15) is 0 Å². The molecule has 7 heteroatoms. The second-order valence-corrected chi connectivity index (χ2v) is 7.01. The van der Waals surface area contributed by atoms with Crippen molar-refractivity contribution in [3.63, 3.8) is 0 Å². The van der Waals surface area contributed by atoms with Gasteiger partial charge in [0.2, 0.25) is 0 Å². The van der Waals surface area contributed by atoms with Gasteiger partial charge in [0.25, 0.3) is 15.9 Å². The lowest BCUT2D eigenvalue weighted by atomic mass is 10.2. The molecule has 0 saturated heterocycles. The van der Waals surface area contributed by atoms with Gasteiger partial charge in [0, 0.05) is 17.1 Å². The molecule has 0 fully saturated rings. The topological polar surface area (TPSA) is 75.3 Å². The van der Waals surface area contributed by atoms with Crippen molar-refractivity contribution in [2.45, 2.75) is 18.2 Å². The molecule has 2 aromatic rings. The van der Waals surface area contributed by atoms with Crippen LogP contribution < -0.4 is 10.0 Å². The molecule has 0 bridgehead atoms. The van der Waals surface area contributed by atoms with Crippen molar-refractivity contribution in [2.24, 2.45) is 0 Å². The number of rotatable bonds is 6. The van der Waals surface area contributed by atoms with Gasteiger partial charge in [-0.3, -0.25) is 9.52 Å². The van der Waals surface area contributed by atoms with Gasteiger partial charge in [-0.2, -0.15) is 0 Å². The fourth-order valence-corrected chi connectivity index (χ4v) is 3.13. The van der Waals surface area contributed by atoms with E-state index >= 15 is 0 Å². The normalized spacial score (nSPS) is 11.0. The Labute approximate surface area is 140 Å². The van der Waals surface area contributed by atoms with Crippen LogP contribution in [-0.2, 0) is 10.0 Å². The molecule has 0 aliphatic rings. The number of nitrogens with one attached hydrogen (secondary N) is 2. The Hall–Kier alpha value is -2.05. The first-order chi connectivity index (χ1) is 10.9. The summed E-state index contributed by atoms with van der Waals surface area (Å²) in [4.78, 5) is 11.9. The van der Waals surface area contributed by atoms with Gasteiger partial charge in [0.15, 0.2) is 0 Å². The maximum Gasteiger partial charge on any atom is 0.261 e. The second kappa shape index (κ2) is 7.48. The van der Waals surface area contributed by atoms with Crippen LogP contribution in [0, 0.1) is 0 Å². The van der Waals surface area contributed by atoms with Crippen molar-refractivity contribution in [2.75, 3.05) is 11.3 Å². The molecule has 0 aromatic heterocycles. The van der Waals surface area contributed by atoms with Gasteiger partial charge in [-0.15, -0.1) is 0 Å². The number of sulfonamides is 1. The van der Waals surface area contributed by atoms with Crippen LogP contribution in [0.1, 0.15) is 23.7 Å². The summed E-state index contributed by atoms with van der Waals surface area (Å²) in [6.45, 7) is 2.53. The molecule has 2 rings (SSSR count). The Balaban J connectivity index is 2.15. The van der Waals surface area contributed by atoms with E-state index < -0.39 is 10.0 Å². The van der Waals surface area contributed by atoms with Crippen LogP contribution >= 0.6 is 11.6 Å². The smallest absolute Gasteiger partial charge is 0.261 e. The molecule has 2 aromatic carbocycles. The molecule has 0 heterocycles. The summed E-state index contributed by atoms with van der Waals surface area (Å²) >= 11 is 5.84. The van der Waals surface area contributed by atoms with E-state index in [0.717, 1.165) is 6.42 Å². The highest BCUT2D eigenvalue weighted by atomic mass is 35.5. The molecule has 0 spiro atoms. The minimum Gasteiger partial charge on any atom is -0.352 e. The Morgan fingerprint density at radius 3 is 2.43 bits per heavy atom. The lowest BCUT2D eigenvalue weighted by Gasteiger charge is -2.09. The van der Waals surface area contributed by atoms with Crippen LogP contribution in [-0.4, -0.2) is 20.9 Å². The molecule has 0 radical (unpaired) electrons. The summed E-state index contributed by atoms with van der Waals surface area (Å²) in [7, 11) is -3.73. The fraction of sp³-hybridized carbons (Fsp3) is 0.188. The highest BCUT2D eigenvalue weighted by Crippen LogP contribution is 2.19. The third-order valence-corrected chi connectivity index (χ3v) is 4.67. The summed E-state index contributed by atoms with van der Waals surface area (Å²) < 4.78 is 27.1. The monoisotopic (exact) mass is 352 g/mol. The van der Waals surface area contributed by atoms with Gasteiger partial charge >= 0.3 is 0 Å². The molecule has 23 heavy (non-hydrogen) atoms. The molecule has 5 nitrogen and oxygen atoms in total. The van der Waals surface area contributed by atoms with Gasteiger partial charge in [-0.1, -0.05) is 24.6 Å². The van der Waals surface area contributed by atoms with Crippen molar-refractivity contribution in [1.29, 1.82) is 0 Å². The molecular formula is C16H17ClN2O3S. The zero-order valence-corrected chi connectivity index (χ0v) is 14.1. The number of hydrogen-bond donors (Lipinski definition) is 2. The first-order valence-corrected chi connectivity index (χ1v) is 8.95. The fourth-order valence-electron chi connectivity index (χ4n) is 1.89. The molecule has 0 aliphatic heterocycles. The van der Waals surface area contributed by atoms with E-state index in [9.17, 15) is 13.2 Å². The van der Waals surface area contributed by atoms with Gasteiger partial charge in [-0.05, 0) is 48.9 Å². The predicted octanol–water partition coefficient (Wildman–Crippen LogP) is 3.28. The standard InChI is InChI=1S/C16H17ClN2O3S/c1-2-10-18-16(20)12-6-8-15(9-7-12)23(21,22)19-14-5-3-4-13(17)11-14/h3-9,11,19H,2,10H2,1H3,(H,18,20). The van der Waals surface area contributed by atoms with E-state index in [1.165, 1.54) is 30.3 Å². The van der Waals surface area contributed by atoms with E-state index in [-0.39, 0.29) is 10.8 Å². The average molecular weight is 353 g/mol. The lowest BCUT2D eigenvalue weighted by Crippen LogP contribution is -2.24. The Morgan fingerprint density at radius 2 is 1.83 bits per heavy atom. The third-order valence-electron chi connectivity index (χ3n) is 3.04. The van der Waals surface area contributed by atoms with Crippen LogP contribution in [0.4, 0.5) is 5.69 Å². The number of carbonyl (C=O) groups is 1. The molecular weight excluding hydrogens is 336 g/mol. The molecule has 0 aliphatic carbocycles. The first kappa shape index (κ1) is 17.3. The van der Waals surface area contributed by atoms with E-state index in [0.29, 0.717) is 22.8 Å². The van der Waals surface area contributed by atoms with Crippen molar-refractivity contribution in [3.05, 3.63) is 59.1 Å². The van der Waals surface area contributed by atoms with Crippen molar-refractivity contribution >= 4 is 33.2 Å². The predicted molar refractivity (Wildman–Crippen MR) is 91.3 cm³/mol. The number of benzene rings is 2.